The molecule has 0 amide bonds. The Bertz CT molecular complexity index is 4520. The monoisotopic (exact) mass is 924 g/mol. The van der Waals surface area contributed by atoms with Crippen LogP contribution < -0.4 is 4.90 Å². The minimum atomic E-state index is -0.470. The van der Waals surface area contributed by atoms with Crippen LogP contribution >= 0.6 is 0 Å². The first-order chi connectivity index (χ1) is 36.2. The van der Waals surface area contributed by atoms with Gasteiger partial charge in [0, 0.05) is 33.5 Å². The van der Waals surface area contributed by atoms with E-state index in [-0.39, 0.29) is 0 Å². The van der Waals surface area contributed by atoms with Crippen molar-refractivity contribution < 1.29 is 0 Å². The van der Waals surface area contributed by atoms with Crippen LogP contribution in [0, 0.1) is 0 Å². The van der Waals surface area contributed by atoms with E-state index in [2.05, 4.69) is 276 Å². The van der Waals surface area contributed by atoms with Gasteiger partial charge < -0.3 is 9.47 Å². The van der Waals surface area contributed by atoms with E-state index < -0.39 is 5.41 Å². The minimum absolute atomic E-state index is 0.470. The van der Waals surface area contributed by atoms with Crippen LogP contribution in [0.2, 0.25) is 0 Å². The summed E-state index contributed by atoms with van der Waals surface area (Å²) in [5, 5.41) is 12.5. The van der Waals surface area contributed by atoms with Crippen molar-refractivity contribution in [1.29, 1.82) is 0 Å². The van der Waals surface area contributed by atoms with Crippen molar-refractivity contribution in [2.45, 2.75) is 5.41 Å². The van der Waals surface area contributed by atoms with Crippen LogP contribution in [-0.2, 0) is 5.41 Å². The van der Waals surface area contributed by atoms with Gasteiger partial charge in [-0.05, 0) is 159 Å². The first-order valence-electron chi connectivity index (χ1n) is 25.4. The van der Waals surface area contributed by atoms with Gasteiger partial charge in [-0.1, -0.05) is 206 Å². The van der Waals surface area contributed by atoms with E-state index in [9.17, 15) is 0 Å². The predicted molar refractivity (Wildman–Crippen MR) is 307 cm³/mol. The highest BCUT2D eigenvalue weighted by Gasteiger charge is 2.51. The zero-order chi connectivity index (χ0) is 47.8. The Morgan fingerprint density at radius 1 is 0.288 bits per heavy atom. The maximum Gasteiger partial charge on any atom is 0.0726 e. The van der Waals surface area contributed by atoms with E-state index in [0.29, 0.717) is 0 Å². The van der Waals surface area contributed by atoms with Gasteiger partial charge in [0.25, 0.3) is 0 Å². The third-order valence-electron chi connectivity index (χ3n) is 16.3. The standard InChI is InChI=1S/C71H44N2/c1-2-19-47(20-3-1)73-67-33-17-13-29-61(67)70-68(73)42-46-18-4-5-21-51(46)69(70)45-34-36-48(37-35-45)72(49-38-40-56-54-24-7-6-22-52(54)53-23-8-9-25-55(53)62(56)43-49)50-39-41-60-59-28-12-16-32-65(59)71(66(60)44-50)63-30-14-10-26-57(63)58-27-11-15-31-64(58)71/h1-44H. The summed E-state index contributed by atoms with van der Waals surface area (Å²) in [6.45, 7) is 0. The van der Waals surface area contributed by atoms with E-state index >= 15 is 0 Å². The number of nitrogens with zero attached hydrogens (tertiary/aromatic N) is 2. The van der Waals surface area contributed by atoms with Crippen molar-refractivity contribution in [2.75, 3.05) is 4.90 Å². The van der Waals surface area contributed by atoms with Crippen molar-refractivity contribution in [2.24, 2.45) is 0 Å². The molecule has 16 rings (SSSR count). The Morgan fingerprint density at radius 3 is 1.40 bits per heavy atom. The number of aromatic nitrogens is 1. The van der Waals surface area contributed by atoms with Gasteiger partial charge in [0.15, 0.2) is 0 Å². The van der Waals surface area contributed by atoms with Crippen LogP contribution in [0.5, 0.6) is 0 Å². The Morgan fingerprint density at radius 2 is 0.753 bits per heavy atom. The molecule has 0 bridgehead atoms. The number of hydrogen-bond acceptors (Lipinski definition) is 1. The fraction of sp³-hybridized carbons (Fsp3) is 0.0141. The Balaban J connectivity index is 0.952. The van der Waals surface area contributed by atoms with Gasteiger partial charge in [0.2, 0.25) is 0 Å². The van der Waals surface area contributed by atoms with Crippen molar-refractivity contribution >= 4 is 82.0 Å². The molecular formula is C71H44N2. The summed E-state index contributed by atoms with van der Waals surface area (Å²) in [5.74, 6) is 0. The highest BCUT2D eigenvalue weighted by molar-refractivity contribution is 6.26. The second-order valence-corrected chi connectivity index (χ2v) is 19.9. The molecule has 0 saturated carbocycles. The first kappa shape index (κ1) is 40.3. The molecule has 0 atom stereocenters. The molecule has 2 nitrogen and oxygen atoms in total. The van der Waals surface area contributed by atoms with Gasteiger partial charge in [0.1, 0.15) is 0 Å². The van der Waals surface area contributed by atoms with Crippen LogP contribution in [0.3, 0.4) is 0 Å². The van der Waals surface area contributed by atoms with Crippen molar-refractivity contribution in [3.63, 3.8) is 0 Å². The van der Waals surface area contributed by atoms with Crippen LogP contribution in [0.25, 0.3) is 104 Å². The Labute approximate surface area is 422 Å². The number of para-hydroxylation sites is 2. The highest BCUT2D eigenvalue weighted by Crippen LogP contribution is 2.63. The smallest absolute Gasteiger partial charge is 0.0726 e. The van der Waals surface area contributed by atoms with Gasteiger partial charge >= 0.3 is 0 Å². The van der Waals surface area contributed by atoms with Crippen LogP contribution in [-0.4, -0.2) is 4.57 Å². The summed E-state index contributed by atoms with van der Waals surface area (Å²) < 4.78 is 2.43. The molecule has 1 spiro atoms. The van der Waals surface area contributed by atoms with Gasteiger partial charge in [0.05, 0.1) is 16.4 Å². The quantitative estimate of drug-likeness (QED) is 0.156. The maximum atomic E-state index is 2.51. The zero-order valence-electron chi connectivity index (χ0n) is 39.8. The SMILES string of the molecule is c1ccc(-n2c3ccccc3c3c(-c4ccc(N(c5ccc6c(c5)C5(c7ccccc7-c7ccccc75)c5ccccc5-6)c5ccc6c7ccccc7c7ccccc7c6c5)cc4)c4ccccc4cc32)cc1. The van der Waals surface area contributed by atoms with E-state index in [4.69, 9.17) is 0 Å². The molecule has 0 saturated heterocycles. The molecule has 2 aliphatic carbocycles. The lowest BCUT2D eigenvalue weighted by Crippen LogP contribution is -2.26. The van der Waals surface area contributed by atoms with E-state index in [1.807, 2.05) is 0 Å². The molecule has 1 heterocycles. The van der Waals surface area contributed by atoms with E-state index in [0.717, 1.165) is 22.7 Å². The number of benzene rings is 13. The Hall–Kier alpha value is -9.50. The number of anilines is 3. The van der Waals surface area contributed by atoms with Gasteiger partial charge in [-0.25, -0.2) is 0 Å². The molecule has 2 heteroatoms. The molecule has 13 aromatic carbocycles. The summed E-state index contributed by atoms with van der Waals surface area (Å²) in [7, 11) is 0. The minimum Gasteiger partial charge on any atom is -0.310 e. The number of hydrogen-bond donors (Lipinski definition) is 0. The molecule has 0 fully saturated rings. The summed E-state index contributed by atoms with van der Waals surface area (Å²) in [6.07, 6.45) is 0. The van der Waals surface area contributed by atoms with E-state index in [1.165, 1.54) is 121 Å². The summed E-state index contributed by atoms with van der Waals surface area (Å²) in [5.41, 5.74) is 19.4. The fourth-order valence-electron chi connectivity index (χ4n) is 13.4. The normalized spacial score (nSPS) is 13.0. The summed E-state index contributed by atoms with van der Waals surface area (Å²) >= 11 is 0. The van der Waals surface area contributed by atoms with Gasteiger partial charge in [-0.2, -0.15) is 0 Å². The van der Waals surface area contributed by atoms with Crippen LogP contribution in [0.15, 0.2) is 267 Å². The Kier molecular flexibility index (Phi) is 8.41. The predicted octanol–water partition coefficient (Wildman–Crippen LogP) is 18.9. The lowest BCUT2D eigenvalue weighted by molar-refractivity contribution is 0.793. The summed E-state index contributed by atoms with van der Waals surface area (Å²) in [4.78, 5) is 2.50. The summed E-state index contributed by atoms with van der Waals surface area (Å²) in [6, 6.07) is 99.8. The van der Waals surface area contributed by atoms with Crippen LogP contribution in [0.1, 0.15) is 22.3 Å². The molecule has 0 radical (unpaired) electrons. The molecule has 0 unspecified atom stereocenters. The zero-order valence-corrected chi connectivity index (χ0v) is 39.8. The first-order valence-corrected chi connectivity index (χ1v) is 25.4. The highest BCUT2D eigenvalue weighted by atomic mass is 15.1. The lowest BCUT2D eigenvalue weighted by Gasteiger charge is -2.32. The molecule has 0 N–H and O–H groups in total. The lowest BCUT2D eigenvalue weighted by atomic mass is 9.70. The molecule has 14 aromatic rings. The number of rotatable bonds is 5. The molecule has 73 heavy (non-hydrogen) atoms. The topological polar surface area (TPSA) is 8.17 Å². The fourth-order valence-corrected chi connectivity index (χ4v) is 13.4. The molecule has 1 aromatic heterocycles. The third-order valence-corrected chi connectivity index (χ3v) is 16.3. The average molecular weight is 925 g/mol. The molecule has 338 valence electrons. The van der Waals surface area contributed by atoms with Crippen LogP contribution in [0.4, 0.5) is 17.1 Å². The second kappa shape index (κ2) is 15.3. The van der Waals surface area contributed by atoms with Gasteiger partial charge in [-0.3, -0.25) is 0 Å². The maximum absolute atomic E-state index is 2.51. The van der Waals surface area contributed by atoms with Gasteiger partial charge in [-0.15, -0.1) is 0 Å². The molecule has 2 aliphatic rings. The second-order valence-electron chi connectivity index (χ2n) is 19.9. The van der Waals surface area contributed by atoms with Crippen molar-refractivity contribution in [3.8, 4) is 39.1 Å². The largest absolute Gasteiger partial charge is 0.310 e. The average Bonchev–Trinajstić information content (AvgIpc) is 4.07. The van der Waals surface area contributed by atoms with Crippen molar-refractivity contribution in [3.05, 3.63) is 289 Å². The molecular weight excluding hydrogens is 881 g/mol. The molecule has 0 aliphatic heterocycles. The van der Waals surface area contributed by atoms with Crippen molar-refractivity contribution in [1.82, 2.24) is 4.57 Å². The third kappa shape index (κ3) is 5.52. The number of fused-ring (bicyclic) bond motifs is 20. The van der Waals surface area contributed by atoms with E-state index in [1.54, 1.807) is 0 Å².